The van der Waals surface area contributed by atoms with Crippen molar-refractivity contribution in [3.05, 3.63) is 54.1 Å². The normalized spacial score (nSPS) is 11.1. The standard InChI is InChI=1S/C19H21N3O2S/c1-14(13-24-18-6-4-3-5-17(18)23-2)21-19(25)22-16-9-7-15(8-10-16)11-12-20/h3-10,14H,11,13H2,1-2H3,(H2,21,22,25). The molecule has 1 atom stereocenters. The summed E-state index contributed by atoms with van der Waals surface area (Å²) in [6.45, 7) is 2.43. The van der Waals surface area contributed by atoms with Crippen molar-refractivity contribution in [3.63, 3.8) is 0 Å². The van der Waals surface area contributed by atoms with Gasteiger partial charge in [-0.05, 0) is 49.0 Å². The molecule has 0 amide bonds. The van der Waals surface area contributed by atoms with Crippen molar-refractivity contribution in [1.82, 2.24) is 5.32 Å². The van der Waals surface area contributed by atoms with E-state index in [9.17, 15) is 0 Å². The average molecular weight is 355 g/mol. The van der Waals surface area contributed by atoms with E-state index in [0.717, 1.165) is 11.3 Å². The van der Waals surface area contributed by atoms with Crippen LogP contribution in [0, 0.1) is 11.3 Å². The summed E-state index contributed by atoms with van der Waals surface area (Å²) in [5, 5.41) is 15.5. The first-order valence-corrected chi connectivity index (χ1v) is 8.32. The molecule has 0 saturated heterocycles. The smallest absolute Gasteiger partial charge is 0.171 e. The van der Waals surface area contributed by atoms with Crippen LogP contribution < -0.4 is 20.1 Å². The molecule has 6 heteroatoms. The van der Waals surface area contributed by atoms with Crippen molar-refractivity contribution in [2.45, 2.75) is 19.4 Å². The van der Waals surface area contributed by atoms with Crippen LogP contribution in [0.5, 0.6) is 11.5 Å². The average Bonchev–Trinajstić information content (AvgIpc) is 2.62. The van der Waals surface area contributed by atoms with E-state index in [1.807, 2.05) is 55.5 Å². The van der Waals surface area contributed by atoms with Gasteiger partial charge in [0.1, 0.15) is 6.61 Å². The molecule has 0 aromatic heterocycles. The summed E-state index contributed by atoms with van der Waals surface area (Å²) in [6.07, 6.45) is 0.403. The molecule has 5 nitrogen and oxygen atoms in total. The van der Waals surface area contributed by atoms with E-state index in [2.05, 4.69) is 16.7 Å². The fraction of sp³-hybridized carbons (Fsp3) is 0.263. The van der Waals surface area contributed by atoms with Gasteiger partial charge in [-0.3, -0.25) is 0 Å². The molecule has 2 rings (SSSR count). The van der Waals surface area contributed by atoms with Gasteiger partial charge in [0, 0.05) is 5.69 Å². The second kappa shape index (κ2) is 9.50. The maximum Gasteiger partial charge on any atom is 0.171 e. The zero-order valence-electron chi connectivity index (χ0n) is 14.3. The minimum absolute atomic E-state index is 0.0165. The van der Waals surface area contributed by atoms with Gasteiger partial charge in [0.2, 0.25) is 0 Å². The number of rotatable bonds is 7. The van der Waals surface area contributed by atoms with Gasteiger partial charge in [-0.2, -0.15) is 5.26 Å². The number of nitrogens with zero attached hydrogens (tertiary/aromatic N) is 1. The summed E-state index contributed by atoms with van der Waals surface area (Å²) < 4.78 is 11.0. The van der Waals surface area contributed by atoms with Gasteiger partial charge >= 0.3 is 0 Å². The predicted octanol–water partition coefficient (Wildman–Crippen LogP) is 3.52. The van der Waals surface area contributed by atoms with Gasteiger partial charge in [0.25, 0.3) is 0 Å². The van der Waals surface area contributed by atoms with Crippen LogP contribution in [-0.4, -0.2) is 24.9 Å². The number of para-hydroxylation sites is 2. The third-order valence-corrected chi connectivity index (χ3v) is 3.65. The molecule has 2 aromatic rings. The molecule has 0 spiro atoms. The highest BCUT2D eigenvalue weighted by Gasteiger charge is 2.08. The van der Waals surface area contributed by atoms with Crippen LogP contribution in [0.15, 0.2) is 48.5 Å². The fourth-order valence-corrected chi connectivity index (χ4v) is 2.50. The lowest BCUT2D eigenvalue weighted by Crippen LogP contribution is -2.39. The first-order chi connectivity index (χ1) is 12.1. The lowest BCUT2D eigenvalue weighted by molar-refractivity contribution is 0.270. The van der Waals surface area contributed by atoms with Crippen LogP contribution in [0.4, 0.5) is 5.69 Å². The quantitative estimate of drug-likeness (QED) is 0.741. The van der Waals surface area contributed by atoms with Gasteiger partial charge in [-0.1, -0.05) is 24.3 Å². The first-order valence-electron chi connectivity index (χ1n) is 7.91. The van der Waals surface area contributed by atoms with Gasteiger partial charge in [0.15, 0.2) is 16.6 Å². The van der Waals surface area contributed by atoms with Crippen molar-refractivity contribution in [2.24, 2.45) is 0 Å². The van der Waals surface area contributed by atoms with Crippen molar-refractivity contribution in [2.75, 3.05) is 19.0 Å². The summed E-state index contributed by atoms with van der Waals surface area (Å²) in [7, 11) is 1.62. The fourth-order valence-electron chi connectivity index (χ4n) is 2.18. The van der Waals surface area contributed by atoms with Crippen LogP contribution in [0.1, 0.15) is 12.5 Å². The first kappa shape index (κ1) is 18.6. The number of ether oxygens (including phenoxy) is 2. The Morgan fingerprint density at radius 3 is 2.48 bits per heavy atom. The number of methoxy groups -OCH3 is 1. The Bertz CT molecular complexity index is 741. The topological polar surface area (TPSA) is 66.3 Å². The molecule has 0 radical (unpaired) electrons. The molecule has 0 aliphatic rings. The van der Waals surface area contributed by atoms with Gasteiger partial charge < -0.3 is 20.1 Å². The van der Waals surface area contributed by atoms with E-state index in [4.69, 9.17) is 27.0 Å². The van der Waals surface area contributed by atoms with E-state index < -0.39 is 0 Å². The monoisotopic (exact) mass is 355 g/mol. The van der Waals surface area contributed by atoms with Gasteiger partial charge in [-0.25, -0.2) is 0 Å². The lowest BCUT2D eigenvalue weighted by Gasteiger charge is -2.18. The second-order valence-corrected chi connectivity index (χ2v) is 5.90. The Kier molecular flexibility index (Phi) is 7.05. The molecular weight excluding hydrogens is 334 g/mol. The van der Waals surface area contributed by atoms with Crippen LogP contribution in [0.2, 0.25) is 0 Å². The number of thiocarbonyl (C=S) groups is 1. The number of nitrogens with one attached hydrogen (secondary N) is 2. The van der Waals surface area contributed by atoms with E-state index in [-0.39, 0.29) is 6.04 Å². The molecule has 0 saturated carbocycles. The third-order valence-electron chi connectivity index (χ3n) is 3.43. The summed E-state index contributed by atoms with van der Waals surface area (Å²) >= 11 is 5.32. The molecule has 1 unspecified atom stereocenters. The second-order valence-electron chi connectivity index (χ2n) is 5.49. The van der Waals surface area contributed by atoms with E-state index in [1.54, 1.807) is 7.11 Å². The number of anilines is 1. The van der Waals surface area contributed by atoms with E-state index in [1.165, 1.54) is 0 Å². The number of hydrogen-bond acceptors (Lipinski definition) is 4. The van der Waals surface area contributed by atoms with Crippen LogP contribution >= 0.6 is 12.2 Å². The number of benzene rings is 2. The van der Waals surface area contributed by atoms with Gasteiger partial charge in [-0.15, -0.1) is 0 Å². The Balaban J connectivity index is 1.80. The molecule has 0 heterocycles. The minimum atomic E-state index is 0.0165. The highest BCUT2D eigenvalue weighted by molar-refractivity contribution is 7.80. The number of nitriles is 1. The molecule has 130 valence electrons. The Labute approximate surface area is 153 Å². The molecule has 0 aliphatic heterocycles. The molecular formula is C19H21N3O2S. The largest absolute Gasteiger partial charge is 0.493 e. The maximum atomic E-state index is 8.68. The van der Waals surface area contributed by atoms with Crippen molar-refractivity contribution in [1.29, 1.82) is 5.26 Å². The summed E-state index contributed by atoms with van der Waals surface area (Å²) in [5.74, 6) is 1.40. The lowest BCUT2D eigenvalue weighted by atomic mass is 10.1. The summed E-state index contributed by atoms with van der Waals surface area (Å²) in [6, 6.07) is 17.3. The van der Waals surface area contributed by atoms with Crippen molar-refractivity contribution < 1.29 is 9.47 Å². The molecule has 2 N–H and O–H groups in total. The highest BCUT2D eigenvalue weighted by Crippen LogP contribution is 2.25. The van der Waals surface area contributed by atoms with Crippen LogP contribution in [0.3, 0.4) is 0 Å². The van der Waals surface area contributed by atoms with Crippen LogP contribution in [-0.2, 0) is 6.42 Å². The van der Waals surface area contributed by atoms with E-state index >= 15 is 0 Å². The zero-order chi connectivity index (χ0) is 18.1. The predicted molar refractivity (Wildman–Crippen MR) is 103 cm³/mol. The molecule has 0 aliphatic carbocycles. The van der Waals surface area contributed by atoms with Gasteiger partial charge in [0.05, 0.1) is 25.6 Å². The van der Waals surface area contributed by atoms with Crippen molar-refractivity contribution in [3.8, 4) is 17.6 Å². The Hall–Kier alpha value is -2.78. The maximum absolute atomic E-state index is 8.68. The summed E-state index contributed by atoms with van der Waals surface area (Å²) in [4.78, 5) is 0. The Morgan fingerprint density at radius 1 is 1.16 bits per heavy atom. The molecule has 25 heavy (non-hydrogen) atoms. The molecule has 2 aromatic carbocycles. The zero-order valence-corrected chi connectivity index (χ0v) is 15.1. The van der Waals surface area contributed by atoms with E-state index in [0.29, 0.717) is 29.6 Å². The SMILES string of the molecule is COc1ccccc1OCC(C)NC(=S)Nc1ccc(CC#N)cc1. The minimum Gasteiger partial charge on any atom is -0.493 e. The molecule has 0 bridgehead atoms. The number of hydrogen-bond donors (Lipinski definition) is 2. The Morgan fingerprint density at radius 2 is 1.84 bits per heavy atom. The summed E-state index contributed by atoms with van der Waals surface area (Å²) in [5.41, 5.74) is 1.85. The van der Waals surface area contributed by atoms with Crippen molar-refractivity contribution >= 4 is 23.0 Å². The molecule has 0 fully saturated rings. The third kappa shape index (κ3) is 5.98. The highest BCUT2D eigenvalue weighted by atomic mass is 32.1. The van der Waals surface area contributed by atoms with Crippen LogP contribution in [0.25, 0.3) is 0 Å².